The zero-order chi connectivity index (χ0) is 15.8. The molecule has 1 N–H and O–H groups in total. The molecule has 1 aromatic carbocycles. The van der Waals surface area contributed by atoms with Crippen molar-refractivity contribution in [2.75, 3.05) is 12.3 Å². The summed E-state index contributed by atoms with van der Waals surface area (Å²) in [5.74, 6) is 0.170. The third-order valence-corrected chi connectivity index (χ3v) is 3.75. The molecule has 22 heavy (non-hydrogen) atoms. The number of rotatable bonds is 8. The van der Waals surface area contributed by atoms with Crippen molar-refractivity contribution in [2.45, 2.75) is 31.4 Å². The van der Waals surface area contributed by atoms with E-state index in [0.717, 1.165) is 19.3 Å². The lowest BCUT2D eigenvalue weighted by Gasteiger charge is -2.02. The SMILES string of the molecule is CCCCCNC(=O)CSc1nnc(-c2ccc(F)cc2)o1. The van der Waals surface area contributed by atoms with Crippen LogP contribution in [0.15, 0.2) is 33.9 Å². The van der Waals surface area contributed by atoms with E-state index in [0.29, 0.717) is 23.2 Å². The number of nitrogens with one attached hydrogen (secondary N) is 1. The molecule has 0 aliphatic heterocycles. The fraction of sp³-hybridized carbons (Fsp3) is 0.400. The molecule has 0 radical (unpaired) electrons. The van der Waals surface area contributed by atoms with E-state index >= 15 is 0 Å². The highest BCUT2D eigenvalue weighted by Gasteiger charge is 2.11. The van der Waals surface area contributed by atoms with Crippen LogP contribution in [0.1, 0.15) is 26.2 Å². The summed E-state index contributed by atoms with van der Waals surface area (Å²) in [6.45, 7) is 2.81. The molecule has 118 valence electrons. The average Bonchev–Trinajstić information content (AvgIpc) is 2.99. The van der Waals surface area contributed by atoms with Gasteiger partial charge in [-0.05, 0) is 30.7 Å². The number of amides is 1. The number of unbranched alkanes of at least 4 members (excludes halogenated alkanes) is 2. The van der Waals surface area contributed by atoms with Gasteiger partial charge in [-0.2, -0.15) is 0 Å². The fourth-order valence-corrected chi connectivity index (χ4v) is 2.35. The molecule has 0 atom stereocenters. The van der Waals surface area contributed by atoms with E-state index in [1.165, 1.54) is 23.9 Å². The lowest BCUT2D eigenvalue weighted by atomic mass is 10.2. The highest BCUT2D eigenvalue weighted by Crippen LogP contribution is 2.23. The molecule has 5 nitrogen and oxygen atoms in total. The van der Waals surface area contributed by atoms with Crippen LogP contribution in [0.3, 0.4) is 0 Å². The summed E-state index contributed by atoms with van der Waals surface area (Å²) in [7, 11) is 0. The van der Waals surface area contributed by atoms with Gasteiger partial charge < -0.3 is 9.73 Å². The van der Waals surface area contributed by atoms with Gasteiger partial charge in [-0.3, -0.25) is 4.79 Å². The van der Waals surface area contributed by atoms with Gasteiger partial charge in [-0.1, -0.05) is 31.5 Å². The highest BCUT2D eigenvalue weighted by molar-refractivity contribution is 7.99. The number of halogens is 1. The first-order valence-electron chi connectivity index (χ1n) is 7.18. The van der Waals surface area contributed by atoms with E-state index < -0.39 is 0 Å². The molecule has 1 heterocycles. The van der Waals surface area contributed by atoms with E-state index in [2.05, 4.69) is 22.4 Å². The number of hydrogen-bond donors (Lipinski definition) is 1. The molecule has 0 aliphatic rings. The molecular weight excluding hydrogens is 305 g/mol. The van der Waals surface area contributed by atoms with Crippen LogP contribution in [-0.2, 0) is 4.79 Å². The molecule has 2 rings (SSSR count). The standard InChI is InChI=1S/C15H18FN3O2S/c1-2-3-4-9-17-13(20)10-22-15-19-18-14(21-15)11-5-7-12(16)8-6-11/h5-8H,2-4,9-10H2,1H3,(H,17,20). The number of hydrogen-bond acceptors (Lipinski definition) is 5. The zero-order valence-corrected chi connectivity index (χ0v) is 13.2. The van der Waals surface area contributed by atoms with Gasteiger partial charge in [0, 0.05) is 12.1 Å². The number of aromatic nitrogens is 2. The molecule has 0 fully saturated rings. The lowest BCUT2D eigenvalue weighted by molar-refractivity contribution is -0.118. The Balaban J connectivity index is 1.79. The summed E-state index contributed by atoms with van der Waals surface area (Å²) in [5.41, 5.74) is 0.643. The van der Waals surface area contributed by atoms with E-state index in [9.17, 15) is 9.18 Å². The zero-order valence-electron chi connectivity index (χ0n) is 12.3. The maximum atomic E-state index is 12.9. The van der Waals surface area contributed by atoms with Gasteiger partial charge in [0.2, 0.25) is 11.8 Å². The van der Waals surface area contributed by atoms with Gasteiger partial charge in [0.05, 0.1) is 5.75 Å². The van der Waals surface area contributed by atoms with Crippen LogP contribution < -0.4 is 5.32 Å². The molecule has 1 aromatic heterocycles. The van der Waals surface area contributed by atoms with Crippen molar-refractivity contribution in [3.8, 4) is 11.5 Å². The minimum Gasteiger partial charge on any atom is -0.411 e. The van der Waals surface area contributed by atoms with Crippen molar-refractivity contribution in [2.24, 2.45) is 0 Å². The molecule has 0 spiro atoms. The Morgan fingerprint density at radius 1 is 1.27 bits per heavy atom. The van der Waals surface area contributed by atoms with Crippen LogP contribution in [0.4, 0.5) is 4.39 Å². The predicted molar refractivity (Wildman–Crippen MR) is 83.0 cm³/mol. The second-order valence-corrected chi connectivity index (χ2v) is 5.65. The summed E-state index contributed by atoms with van der Waals surface area (Å²) in [6.07, 6.45) is 3.22. The van der Waals surface area contributed by atoms with Crippen LogP contribution in [0, 0.1) is 5.82 Å². The van der Waals surface area contributed by atoms with E-state index in [1.54, 1.807) is 12.1 Å². The van der Waals surface area contributed by atoms with Crippen molar-refractivity contribution in [1.29, 1.82) is 0 Å². The monoisotopic (exact) mass is 323 g/mol. The molecule has 0 bridgehead atoms. The molecular formula is C15H18FN3O2S. The first-order valence-corrected chi connectivity index (χ1v) is 8.16. The van der Waals surface area contributed by atoms with Crippen LogP contribution in [-0.4, -0.2) is 28.4 Å². The smallest absolute Gasteiger partial charge is 0.277 e. The predicted octanol–water partition coefficient (Wildman–Crippen LogP) is 3.27. The van der Waals surface area contributed by atoms with Crippen LogP contribution in [0.5, 0.6) is 0 Å². The van der Waals surface area contributed by atoms with Crippen molar-refractivity contribution >= 4 is 17.7 Å². The Morgan fingerprint density at radius 3 is 2.77 bits per heavy atom. The number of carbonyl (C=O) groups excluding carboxylic acids is 1. The Labute approximate surface area is 132 Å². The van der Waals surface area contributed by atoms with E-state index in [1.807, 2.05) is 0 Å². The van der Waals surface area contributed by atoms with Gasteiger partial charge in [-0.15, -0.1) is 10.2 Å². The maximum absolute atomic E-state index is 12.9. The first kappa shape index (κ1) is 16.5. The Morgan fingerprint density at radius 2 is 2.05 bits per heavy atom. The van der Waals surface area contributed by atoms with Gasteiger partial charge in [0.1, 0.15) is 5.82 Å². The van der Waals surface area contributed by atoms with Gasteiger partial charge in [0.25, 0.3) is 5.22 Å². The summed E-state index contributed by atoms with van der Waals surface area (Å²) in [4.78, 5) is 11.6. The summed E-state index contributed by atoms with van der Waals surface area (Å²) in [5, 5.41) is 10.9. The Kier molecular flexibility index (Phi) is 6.39. The van der Waals surface area contributed by atoms with E-state index in [-0.39, 0.29) is 17.5 Å². The fourth-order valence-electron chi connectivity index (χ4n) is 1.76. The van der Waals surface area contributed by atoms with Crippen LogP contribution in [0.25, 0.3) is 11.5 Å². The van der Waals surface area contributed by atoms with Gasteiger partial charge in [0.15, 0.2) is 0 Å². The number of thioether (sulfide) groups is 1. The number of benzene rings is 1. The Hall–Kier alpha value is -1.89. The third kappa shape index (κ3) is 5.14. The van der Waals surface area contributed by atoms with Gasteiger partial charge >= 0.3 is 0 Å². The second kappa shape index (κ2) is 8.53. The second-order valence-electron chi connectivity index (χ2n) is 4.73. The van der Waals surface area contributed by atoms with Crippen molar-refractivity contribution in [1.82, 2.24) is 15.5 Å². The van der Waals surface area contributed by atoms with Crippen molar-refractivity contribution in [3.05, 3.63) is 30.1 Å². The molecule has 2 aromatic rings. The average molecular weight is 323 g/mol. The summed E-state index contributed by atoms with van der Waals surface area (Å²) in [6, 6.07) is 5.79. The quantitative estimate of drug-likeness (QED) is 0.596. The Bertz CT molecular complexity index is 601. The minimum absolute atomic E-state index is 0.0531. The van der Waals surface area contributed by atoms with Crippen LogP contribution in [0.2, 0.25) is 0 Å². The molecule has 7 heteroatoms. The first-order chi connectivity index (χ1) is 10.7. The minimum atomic E-state index is -0.322. The third-order valence-electron chi connectivity index (χ3n) is 2.93. The summed E-state index contributed by atoms with van der Waals surface area (Å²) >= 11 is 1.18. The van der Waals surface area contributed by atoms with Crippen molar-refractivity contribution < 1.29 is 13.6 Å². The van der Waals surface area contributed by atoms with Crippen LogP contribution >= 0.6 is 11.8 Å². The molecule has 0 aliphatic carbocycles. The lowest BCUT2D eigenvalue weighted by Crippen LogP contribution is -2.26. The maximum Gasteiger partial charge on any atom is 0.277 e. The topological polar surface area (TPSA) is 68.0 Å². The largest absolute Gasteiger partial charge is 0.411 e. The van der Waals surface area contributed by atoms with Crippen molar-refractivity contribution in [3.63, 3.8) is 0 Å². The highest BCUT2D eigenvalue weighted by atomic mass is 32.2. The number of carbonyl (C=O) groups is 1. The van der Waals surface area contributed by atoms with E-state index in [4.69, 9.17) is 4.42 Å². The summed E-state index contributed by atoms with van der Waals surface area (Å²) < 4.78 is 18.3. The normalized spacial score (nSPS) is 10.6. The molecule has 0 saturated heterocycles. The van der Waals surface area contributed by atoms with Gasteiger partial charge in [-0.25, -0.2) is 4.39 Å². The number of nitrogens with zero attached hydrogens (tertiary/aromatic N) is 2. The molecule has 0 saturated carbocycles. The molecule has 0 unspecified atom stereocenters. The molecule has 1 amide bonds.